The number of hydrogen-bond acceptors (Lipinski definition) is 2. The molecule has 1 fully saturated rings. The van der Waals surface area contributed by atoms with Crippen LogP contribution in [0.2, 0.25) is 0 Å². The van der Waals surface area contributed by atoms with E-state index in [9.17, 15) is 0 Å². The normalized spacial score (nSPS) is 18.9. The second kappa shape index (κ2) is 5.96. The van der Waals surface area contributed by atoms with Crippen molar-refractivity contribution < 1.29 is 0 Å². The molecule has 0 saturated heterocycles. The smallest absolute Gasteiger partial charge is 0.133 e. The Morgan fingerprint density at radius 1 is 1.12 bits per heavy atom. The highest BCUT2D eigenvalue weighted by atomic mass is 32.2. The SMILES string of the molecule is N#CSC(c1ccccc1)C1CCCCC1. The summed E-state index contributed by atoms with van der Waals surface area (Å²) < 4.78 is 0. The molecule has 1 aliphatic rings. The lowest BCUT2D eigenvalue weighted by atomic mass is 9.84. The predicted octanol–water partition coefficient (Wildman–Crippen LogP) is 4.52. The van der Waals surface area contributed by atoms with E-state index >= 15 is 0 Å². The van der Waals surface area contributed by atoms with Crippen molar-refractivity contribution >= 4 is 11.8 Å². The molecule has 0 N–H and O–H groups in total. The van der Waals surface area contributed by atoms with Crippen molar-refractivity contribution in [3.8, 4) is 5.40 Å². The van der Waals surface area contributed by atoms with Crippen LogP contribution in [0.25, 0.3) is 0 Å². The number of thioether (sulfide) groups is 1. The van der Waals surface area contributed by atoms with Crippen LogP contribution < -0.4 is 0 Å². The lowest BCUT2D eigenvalue weighted by Crippen LogP contribution is -2.13. The number of hydrogen-bond donors (Lipinski definition) is 0. The Kier molecular flexibility index (Phi) is 4.30. The number of nitriles is 1. The van der Waals surface area contributed by atoms with Gasteiger partial charge in [-0.1, -0.05) is 49.6 Å². The maximum absolute atomic E-state index is 8.94. The summed E-state index contributed by atoms with van der Waals surface area (Å²) in [4.78, 5) is 0. The molecule has 1 aromatic rings. The molecule has 2 heteroatoms. The van der Waals surface area contributed by atoms with Crippen LogP contribution in [0, 0.1) is 16.6 Å². The third kappa shape index (κ3) is 2.80. The topological polar surface area (TPSA) is 23.8 Å². The van der Waals surface area contributed by atoms with Gasteiger partial charge in [-0.15, -0.1) is 0 Å². The van der Waals surface area contributed by atoms with Gasteiger partial charge in [0.25, 0.3) is 0 Å². The van der Waals surface area contributed by atoms with Gasteiger partial charge in [-0.25, -0.2) is 0 Å². The second-order valence-corrected chi connectivity index (χ2v) is 5.36. The third-order valence-corrected chi connectivity index (χ3v) is 4.40. The van der Waals surface area contributed by atoms with Crippen LogP contribution in [0.3, 0.4) is 0 Å². The second-order valence-electron chi connectivity index (χ2n) is 4.44. The van der Waals surface area contributed by atoms with Crippen LogP contribution in [-0.4, -0.2) is 0 Å². The first kappa shape index (κ1) is 11.5. The monoisotopic (exact) mass is 231 g/mol. The van der Waals surface area contributed by atoms with Crippen LogP contribution >= 0.6 is 11.8 Å². The Balaban J connectivity index is 2.13. The minimum atomic E-state index is 0.381. The molecule has 1 atom stereocenters. The van der Waals surface area contributed by atoms with E-state index in [0.717, 1.165) is 0 Å². The molecule has 0 amide bonds. The summed E-state index contributed by atoms with van der Waals surface area (Å²) in [5.74, 6) is 0.695. The van der Waals surface area contributed by atoms with Crippen molar-refractivity contribution in [2.45, 2.75) is 37.4 Å². The van der Waals surface area contributed by atoms with Crippen molar-refractivity contribution in [1.29, 1.82) is 5.26 Å². The minimum Gasteiger partial charge on any atom is -0.185 e. The standard InChI is InChI=1S/C14H17NS/c15-11-16-14(12-7-3-1-4-8-12)13-9-5-2-6-10-13/h1,3-4,7-8,13-14H,2,5-6,9-10H2. The van der Waals surface area contributed by atoms with Gasteiger partial charge in [-0.2, -0.15) is 5.26 Å². The summed E-state index contributed by atoms with van der Waals surface area (Å²) in [5, 5.41) is 11.6. The highest BCUT2D eigenvalue weighted by molar-refractivity contribution is 8.03. The summed E-state index contributed by atoms with van der Waals surface area (Å²) in [5.41, 5.74) is 1.32. The molecule has 0 radical (unpaired) electrons. The van der Waals surface area contributed by atoms with Crippen molar-refractivity contribution in [3.05, 3.63) is 35.9 Å². The Morgan fingerprint density at radius 2 is 1.81 bits per heavy atom. The van der Waals surface area contributed by atoms with Crippen molar-refractivity contribution in [1.82, 2.24) is 0 Å². The minimum absolute atomic E-state index is 0.381. The fourth-order valence-corrected chi connectivity index (χ4v) is 3.44. The molecule has 1 nitrogen and oxygen atoms in total. The van der Waals surface area contributed by atoms with Crippen LogP contribution in [0.15, 0.2) is 30.3 Å². The summed E-state index contributed by atoms with van der Waals surface area (Å²) in [6.45, 7) is 0. The van der Waals surface area contributed by atoms with Gasteiger partial charge in [0.15, 0.2) is 0 Å². The average Bonchev–Trinajstić information content (AvgIpc) is 2.38. The van der Waals surface area contributed by atoms with Crippen LogP contribution in [0.5, 0.6) is 0 Å². The molecular weight excluding hydrogens is 214 g/mol. The molecule has 1 aromatic carbocycles. The van der Waals surface area contributed by atoms with Gasteiger partial charge >= 0.3 is 0 Å². The molecule has 0 aromatic heterocycles. The summed E-state index contributed by atoms with van der Waals surface area (Å²) in [6, 6.07) is 10.5. The Labute approximate surface area is 102 Å². The lowest BCUT2D eigenvalue weighted by molar-refractivity contribution is 0.352. The van der Waals surface area contributed by atoms with Gasteiger partial charge in [0.1, 0.15) is 5.40 Å². The quantitative estimate of drug-likeness (QED) is 0.714. The van der Waals surface area contributed by atoms with Crippen LogP contribution in [-0.2, 0) is 0 Å². The molecule has 0 heterocycles. The van der Waals surface area contributed by atoms with Gasteiger partial charge in [-0.3, -0.25) is 0 Å². The summed E-state index contributed by atoms with van der Waals surface area (Å²) in [6.07, 6.45) is 6.61. The molecule has 84 valence electrons. The molecule has 2 rings (SSSR count). The zero-order chi connectivity index (χ0) is 11.2. The van der Waals surface area contributed by atoms with E-state index in [4.69, 9.17) is 5.26 Å². The number of rotatable bonds is 3. The number of nitrogens with zero attached hydrogens (tertiary/aromatic N) is 1. The molecule has 16 heavy (non-hydrogen) atoms. The molecule has 1 unspecified atom stereocenters. The largest absolute Gasteiger partial charge is 0.185 e. The van der Waals surface area contributed by atoms with Crippen molar-refractivity contribution in [2.75, 3.05) is 0 Å². The van der Waals surface area contributed by atoms with E-state index in [0.29, 0.717) is 11.2 Å². The van der Waals surface area contributed by atoms with Crippen molar-refractivity contribution in [3.63, 3.8) is 0 Å². The third-order valence-electron chi connectivity index (χ3n) is 3.39. The van der Waals surface area contributed by atoms with E-state index in [-0.39, 0.29) is 0 Å². The summed E-state index contributed by atoms with van der Waals surface area (Å²) in [7, 11) is 0. The molecule has 1 saturated carbocycles. The zero-order valence-electron chi connectivity index (χ0n) is 9.43. The van der Waals surface area contributed by atoms with Gasteiger partial charge in [0.2, 0.25) is 0 Å². The van der Waals surface area contributed by atoms with E-state index in [2.05, 4.69) is 29.7 Å². The molecule has 1 aliphatic carbocycles. The first-order chi connectivity index (χ1) is 7.92. The van der Waals surface area contributed by atoms with E-state index in [1.807, 2.05) is 6.07 Å². The van der Waals surface area contributed by atoms with Gasteiger partial charge < -0.3 is 0 Å². The maximum Gasteiger partial charge on any atom is 0.133 e. The Hall–Kier alpha value is -0.940. The fourth-order valence-electron chi connectivity index (χ4n) is 2.57. The van der Waals surface area contributed by atoms with Gasteiger partial charge in [0.05, 0.1) is 0 Å². The van der Waals surface area contributed by atoms with Crippen molar-refractivity contribution in [2.24, 2.45) is 5.92 Å². The number of benzene rings is 1. The fraction of sp³-hybridized carbons (Fsp3) is 0.500. The first-order valence-electron chi connectivity index (χ1n) is 6.01. The van der Waals surface area contributed by atoms with Crippen LogP contribution in [0.4, 0.5) is 0 Å². The Bertz CT molecular complexity index is 349. The summed E-state index contributed by atoms with van der Waals surface area (Å²) >= 11 is 1.44. The molecule has 0 bridgehead atoms. The maximum atomic E-state index is 8.94. The van der Waals surface area contributed by atoms with Gasteiger partial charge in [0, 0.05) is 5.25 Å². The lowest BCUT2D eigenvalue weighted by Gasteiger charge is -2.28. The van der Waals surface area contributed by atoms with E-state index in [1.54, 1.807) is 0 Å². The van der Waals surface area contributed by atoms with Crippen LogP contribution in [0.1, 0.15) is 42.9 Å². The average molecular weight is 231 g/mol. The van der Waals surface area contributed by atoms with E-state index < -0.39 is 0 Å². The highest BCUT2D eigenvalue weighted by Crippen LogP contribution is 2.42. The van der Waals surface area contributed by atoms with E-state index in [1.165, 1.54) is 49.4 Å². The Morgan fingerprint density at radius 3 is 2.44 bits per heavy atom. The molecule has 0 aliphatic heterocycles. The molecule has 0 spiro atoms. The highest BCUT2D eigenvalue weighted by Gasteiger charge is 2.25. The predicted molar refractivity (Wildman–Crippen MR) is 69.0 cm³/mol. The number of thiocyanates is 1. The van der Waals surface area contributed by atoms with Gasteiger partial charge in [-0.05, 0) is 36.1 Å². The molecular formula is C14H17NS. The first-order valence-corrected chi connectivity index (χ1v) is 6.89. The zero-order valence-corrected chi connectivity index (χ0v) is 10.2.